The molecule has 216 valence electrons. The summed E-state index contributed by atoms with van der Waals surface area (Å²) in [4.78, 5) is 12.7. The third kappa shape index (κ3) is 4.69. The number of hydrogen-bond acceptors (Lipinski definition) is 11. The Morgan fingerprint density at radius 2 is 1.59 bits per heavy atom. The van der Waals surface area contributed by atoms with Gasteiger partial charge in [-0.15, -0.1) is 0 Å². The molecule has 4 aromatic rings. The Morgan fingerprint density at radius 3 is 2.17 bits per heavy atom. The molecule has 12 nitrogen and oxygen atoms in total. The molecule has 0 radical (unpaired) electrons. The molecular formula is C27H31N5O7SSi. The highest BCUT2D eigenvalue weighted by Crippen LogP contribution is 2.43. The van der Waals surface area contributed by atoms with Crippen molar-refractivity contribution in [2.24, 2.45) is 0 Å². The Kier molecular flexibility index (Phi) is 6.87. The van der Waals surface area contributed by atoms with Crippen molar-refractivity contribution in [2.45, 2.75) is 50.3 Å². The largest absolute Gasteiger partial charge is 0.479 e. The Labute approximate surface area is 238 Å². The maximum Gasteiger partial charge on any atom is 0.400 e. The van der Waals surface area contributed by atoms with E-state index < -0.39 is 43.3 Å². The summed E-state index contributed by atoms with van der Waals surface area (Å²) in [5, 5.41) is 1.87. The van der Waals surface area contributed by atoms with Crippen molar-refractivity contribution < 1.29 is 30.7 Å². The van der Waals surface area contributed by atoms with Gasteiger partial charge in [-0.1, -0.05) is 81.4 Å². The van der Waals surface area contributed by atoms with E-state index in [9.17, 15) is 8.42 Å². The van der Waals surface area contributed by atoms with Gasteiger partial charge in [0.25, 0.3) is 8.32 Å². The Morgan fingerprint density at radius 1 is 0.976 bits per heavy atom. The molecule has 0 saturated carbocycles. The molecule has 0 aliphatic carbocycles. The van der Waals surface area contributed by atoms with Crippen LogP contribution in [0.5, 0.6) is 5.88 Å². The van der Waals surface area contributed by atoms with Gasteiger partial charge in [0.2, 0.25) is 11.8 Å². The molecule has 2 aliphatic heterocycles. The van der Waals surface area contributed by atoms with E-state index in [1.807, 2.05) is 36.4 Å². The first-order valence-electron chi connectivity index (χ1n) is 13.1. The maximum absolute atomic E-state index is 12.5. The Hall–Kier alpha value is -3.40. The van der Waals surface area contributed by atoms with Crippen LogP contribution in [0.2, 0.25) is 5.04 Å². The summed E-state index contributed by atoms with van der Waals surface area (Å²) >= 11 is 0. The number of fused-ring (bicyclic) bond motifs is 2. The molecule has 41 heavy (non-hydrogen) atoms. The highest BCUT2D eigenvalue weighted by atomic mass is 32.3. The fourth-order valence-electron chi connectivity index (χ4n) is 5.78. The van der Waals surface area contributed by atoms with Crippen molar-refractivity contribution in [3.8, 4) is 5.88 Å². The van der Waals surface area contributed by atoms with Crippen LogP contribution in [0.25, 0.3) is 11.2 Å². The van der Waals surface area contributed by atoms with Gasteiger partial charge in [0.05, 0.1) is 20.0 Å². The van der Waals surface area contributed by atoms with Gasteiger partial charge >= 0.3 is 10.4 Å². The molecule has 4 heterocycles. The second kappa shape index (κ2) is 10.1. The zero-order valence-corrected chi connectivity index (χ0v) is 24.8. The molecule has 0 bridgehead atoms. The summed E-state index contributed by atoms with van der Waals surface area (Å²) in [5.74, 6) is 0.150. The van der Waals surface area contributed by atoms with Gasteiger partial charge in [-0.3, -0.25) is 4.57 Å². The van der Waals surface area contributed by atoms with Crippen LogP contribution in [0.1, 0.15) is 27.0 Å². The van der Waals surface area contributed by atoms with Crippen molar-refractivity contribution >= 4 is 46.2 Å². The summed E-state index contributed by atoms with van der Waals surface area (Å²) in [6.07, 6.45) is -2.24. The topological polar surface area (TPSA) is 150 Å². The van der Waals surface area contributed by atoms with Crippen LogP contribution in [-0.4, -0.2) is 68.3 Å². The van der Waals surface area contributed by atoms with E-state index >= 15 is 0 Å². The molecule has 2 aliphatic rings. The van der Waals surface area contributed by atoms with Crippen molar-refractivity contribution in [3.63, 3.8) is 0 Å². The summed E-state index contributed by atoms with van der Waals surface area (Å²) in [6.45, 7) is 6.54. The van der Waals surface area contributed by atoms with Crippen molar-refractivity contribution in [2.75, 3.05) is 19.5 Å². The minimum absolute atomic E-state index is 0.0339. The van der Waals surface area contributed by atoms with Gasteiger partial charge in [-0.05, 0) is 15.4 Å². The zero-order valence-electron chi connectivity index (χ0n) is 23.0. The summed E-state index contributed by atoms with van der Waals surface area (Å²) in [5.41, 5.74) is 6.55. The smallest absolute Gasteiger partial charge is 0.400 e. The van der Waals surface area contributed by atoms with E-state index in [0.29, 0.717) is 11.2 Å². The van der Waals surface area contributed by atoms with E-state index in [4.69, 9.17) is 28.0 Å². The van der Waals surface area contributed by atoms with Crippen LogP contribution in [-0.2, 0) is 27.9 Å². The second-order valence-electron chi connectivity index (χ2n) is 11.0. The van der Waals surface area contributed by atoms with Crippen LogP contribution in [0.4, 0.5) is 5.95 Å². The van der Waals surface area contributed by atoms with Crippen LogP contribution < -0.4 is 20.8 Å². The summed E-state index contributed by atoms with van der Waals surface area (Å²) < 4.78 is 56.1. The minimum atomic E-state index is -4.26. The fraction of sp³-hybridized carbons (Fsp3) is 0.370. The third-order valence-corrected chi connectivity index (χ3v) is 13.4. The molecule has 0 spiro atoms. The number of ether oxygens (including phenoxy) is 2. The molecule has 0 amide bonds. The van der Waals surface area contributed by atoms with E-state index in [1.165, 1.54) is 13.4 Å². The average molecular weight is 598 g/mol. The summed E-state index contributed by atoms with van der Waals surface area (Å²) in [6, 6.07) is 20.3. The van der Waals surface area contributed by atoms with Crippen LogP contribution in [0.15, 0.2) is 67.0 Å². The molecular weight excluding hydrogens is 566 g/mol. The molecule has 2 aromatic heterocycles. The molecule has 2 N–H and O–H groups in total. The molecule has 4 atom stereocenters. The predicted octanol–water partition coefficient (Wildman–Crippen LogP) is 1.92. The quantitative estimate of drug-likeness (QED) is 0.311. The highest BCUT2D eigenvalue weighted by Gasteiger charge is 2.58. The van der Waals surface area contributed by atoms with E-state index in [-0.39, 0.29) is 23.5 Å². The average Bonchev–Trinajstić information content (AvgIpc) is 3.59. The highest BCUT2D eigenvalue weighted by molar-refractivity contribution is 7.82. The SMILES string of the molecule is COc1nc(N)nc2c1ncn2[C@@H]1O[C@H](CO[Si](c2ccccc2)(c2ccccc2)C(C)(C)C)[C@H]2OS(=O)(=O)O[C@H]21. The first-order valence-corrected chi connectivity index (χ1v) is 16.3. The van der Waals surface area contributed by atoms with Gasteiger partial charge in [-0.2, -0.15) is 18.4 Å². The minimum Gasteiger partial charge on any atom is -0.479 e. The van der Waals surface area contributed by atoms with Gasteiger partial charge in [0, 0.05) is 0 Å². The number of rotatable bonds is 7. The number of nitrogens with zero attached hydrogens (tertiary/aromatic N) is 4. The normalized spacial score (nSPS) is 24.0. The molecule has 2 fully saturated rings. The van der Waals surface area contributed by atoms with Crippen molar-refractivity contribution in [1.82, 2.24) is 19.5 Å². The molecule has 2 aromatic carbocycles. The molecule has 0 unspecified atom stereocenters. The molecule has 14 heteroatoms. The van der Waals surface area contributed by atoms with E-state index in [0.717, 1.165) is 10.4 Å². The fourth-order valence-corrected chi connectivity index (χ4v) is 11.4. The van der Waals surface area contributed by atoms with Crippen LogP contribution >= 0.6 is 0 Å². The lowest BCUT2D eigenvalue weighted by atomic mass is 10.1. The number of nitrogens with two attached hydrogens (primary N) is 1. The zero-order chi connectivity index (χ0) is 29.0. The van der Waals surface area contributed by atoms with Gasteiger partial charge in [-0.25, -0.2) is 13.4 Å². The first kappa shape index (κ1) is 27.8. The second-order valence-corrected chi connectivity index (χ2v) is 16.5. The van der Waals surface area contributed by atoms with E-state index in [2.05, 4.69) is 60.0 Å². The van der Waals surface area contributed by atoms with Crippen LogP contribution in [0, 0.1) is 0 Å². The van der Waals surface area contributed by atoms with Crippen molar-refractivity contribution in [3.05, 3.63) is 67.0 Å². The number of anilines is 1. The van der Waals surface area contributed by atoms with Gasteiger partial charge in [0.15, 0.2) is 23.5 Å². The number of imidazole rings is 1. The lowest BCUT2D eigenvalue weighted by molar-refractivity contribution is -0.0517. The summed E-state index contributed by atoms with van der Waals surface area (Å²) in [7, 11) is -5.76. The predicted molar refractivity (Wildman–Crippen MR) is 152 cm³/mol. The first-order chi connectivity index (χ1) is 19.5. The number of nitrogen functional groups attached to an aromatic ring is 1. The molecule has 6 rings (SSSR count). The van der Waals surface area contributed by atoms with Gasteiger partial charge in [0.1, 0.15) is 12.2 Å². The third-order valence-electron chi connectivity index (χ3n) is 7.50. The maximum atomic E-state index is 12.5. The van der Waals surface area contributed by atoms with Crippen molar-refractivity contribution in [1.29, 1.82) is 0 Å². The monoisotopic (exact) mass is 597 g/mol. The van der Waals surface area contributed by atoms with Crippen LogP contribution in [0.3, 0.4) is 0 Å². The number of benzene rings is 2. The standard InChI is InChI=1S/C27H31N5O7SSi/c1-27(2,3)41(17-11-7-5-8-12-17,18-13-9-6-10-14-18)36-15-19-21-22(39-40(33,34)38-21)25(37-19)32-16-29-20-23(32)30-26(28)31-24(20)35-4/h5-14,16,19,21-22,25H,15H2,1-4H3,(H2,28,30,31)/t19-,21-,22-,25-/m1/s1. The number of aromatic nitrogens is 4. The van der Waals surface area contributed by atoms with Gasteiger partial charge < -0.3 is 19.6 Å². The Balaban J connectivity index is 1.39. The van der Waals surface area contributed by atoms with E-state index in [1.54, 1.807) is 4.57 Å². The lowest BCUT2D eigenvalue weighted by Gasteiger charge is -2.43. The Bertz CT molecular complexity index is 1620. The lowest BCUT2D eigenvalue weighted by Crippen LogP contribution is -2.67. The number of hydrogen-bond donors (Lipinski definition) is 1. The number of methoxy groups -OCH3 is 1. The molecule has 2 saturated heterocycles.